The third-order valence-electron chi connectivity index (χ3n) is 0.856. The molecular weight excluding hydrogens is 142 g/mol. The summed E-state index contributed by atoms with van der Waals surface area (Å²) in [5.41, 5.74) is 0. The van der Waals surface area contributed by atoms with E-state index in [9.17, 15) is 9.59 Å². The lowest BCUT2D eigenvalue weighted by Gasteiger charge is -2.05. The van der Waals surface area contributed by atoms with Crippen molar-refractivity contribution >= 4 is 23.4 Å². The number of halogens is 1. The molecule has 0 aliphatic carbocycles. The zero-order valence-electron chi connectivity index (χ0n) is 5.40. The van der Waals surface area contributed by atoms with Gasteiger partial charge in [0.15, 0.2) is 0 Å². The van der Waals surface area contributed by atoms with Crippen molar-refractivity contribution in [2.24, 2.45) is 0 Å². The summed E-state index contributed by atoms with van der Waals surface area (Å²) in [7, 11) is 0. The molecule has 0 fully saturated rings. The van der Waals surface area contributed by atoms with E-state index in [2.05, 4.69) is 0 Å². The molecule has 0 aromatic rings. The van der Waals surface area contributed by atoms with Gasteiger partial charge in [0, 0.05) is 6.42 Å². The van der Waals surface area contributed by atoms with Gasteiger partial charge in [-0.1, -0.05) is 17.7 Å². The molecule has 0 bridgehead atoms. The van der Waals surface area contributed by atoms with Gasteiger partial charge in [0.05, 0.1) is 1.37 Å². The predicted octanol–water partition coefficient (Wildman–Crippen LogP) is 0.156. The van der Waals surface area contributed by atoms with Crippen LogP contribution in [0.1, 0.15) is 7.79 Å². The summed E-state index contributed by atoms with van der Waals surface area (Å²) in [5.74, 6) is -1.15. The molecule has 0 atom stereocenters. The van der Waals surface area contributed by atoms with Gasteiger partial charge < -0.3 is 0 Å². The number of nitrogens with one attached hydrogen (secondary N) is 1. The fraction of sp³-hybridized carbons (Fsp3) is 0.200. The summed E-state index contributed by atoms with van der Waals surface area (Å²) in [6.07, 6.45) is -0.107. The average molecular weight is 147 g/mol. The number of carbonyl (C=O) groups excluding carboxylic acids is 2. The van der Waals surface area contributed by atoms with Gasteiger partial charge in [0.25, 0.3) is 5.91 Å². The fourth-order valence-electron chi connectivity index (χ4n) is 0.464. The van der Waals surface area contributed by atoms with Gasteiger partial charge in [-0.3, -0.25) is 14.9 Å². The maximum atomic E-state index is 10.6. The summed E-state index contributed by atoms with van der Waals surface area (Å²) in [5, 5.41) is 1.78. The van der Waals surface area contributed by atoms with Crippen LogP contribution in [0.5, 0.6) is 0 Å². The van der Waals surface area contributed by atoms with Crippen molar-refractivity contribution in [3.8, 4) is 0 Å². The zero-order chi connectivity index (χ0) is 7.72. The molecule has 0 radical (unpaired) electrons. The third-order valence-corrected chi connectivity index (χ3v) is 1.16. The monoisotopic (exact) mass is 146 g/mol. The lowest BCUT2D eigenvalue weighted by molar-refractivity contribution is -0.128. The van der Waals surface area contributed by atoms with Crippen molar-refractivity contribution in [3.05, 3.63) is 11.1 Å². The maximum absolute atomic E-state index is 10.6. The molecule has 4 heteroatoms. The Balaban J connectivity index is 2.95. The summed E-state index contributed by atoms with van der Waals surface area (Å²) in [4.78, 5) is 21.1. The van der Waals surface area contributed by atoms with Crippen LogP contribution in [0.25, 0.3) is 0 Å². The van der Waals surface area contributed by atoms with Crippen molar-refractivity contribution < 1.29 is 11.0 Å². The smallest absolute Gasteiger partial charge is 0.269 e. The zero-order valence-corrected chi connectivity index (χ0v) is 5.16. The Kier molecular flexibility index (Phi) is 1.21. The highest BCUT2D eigenvalue weighted by Gasteiger charge is 2.15. The van der Waals surface area contributed by atoms with Crippen LogP contribution < -0.4 is 5.32 Å². The Morgan fingerprint density at radius 1 is 1.78 bits per heavy atom. The lowest BCUT2D eigenvalue weighted by Crippen LogP contribution is -2.33. The van der Waals surface area contributed by atoms with Crippen molar-refractivity contribution in [3.63, 3.8) is 0 Å². The van der Waals surface area contributed by atoms with Crippen LogP contribution in [0.4, 0.5) is 0 Å². The van der Waals surface area contributed by atoms with Crippen LogP contribution in [-0.2, 0) is 9.59 Å². The lowest BCUT2D eigenvalue weighted by atomic mass is 10.3. The number of rotatable bonds is 0. The van der Waals surface area contributed by atoms with Crippen LogP contribution in [0.15, 0.2) is 11.1 Å². The van der Waals surface area contributed by atoms with Gasteiger partial charge in [0.2, 0.25) is 5.91 Å². The first-order valence-corrected chi connectivity index (χ1v) is 2.68. The molecule has 1 aliphatic rings. The largest absolute Gasteiger partial charge is 0.291 e. The van der Waals surface area contributed by atoms with Crippen LogP contribution >= 0.6 is 11.6 Å². The fourth-order valence-corrected chi connectivity index (χ4v) is 0.578. The van der Waals surface area contributed by atoms with Crippen LogP contribution in [-0.4, -0.2) is 11.8 Å². The molecule has 1 rings (SSSR count). The third kappa shape index (κ3) is 1.29. The first-order chi connectivity index (χ1) is 4.61. The molecule has 2 amide bonds. The normalized spacial score (nSPS) is 21.7. The second kappa shape index (κ2) is 2.19. The van der Waals surface area contributed by atoms with E-state index in [1.807, 2.05) is 5.32 Å². The van der Waals surface area contributed by atoms with Crippen molar-refractivity contribution in [2.75, 3.05) is 0 Å². The second-order valence-corrected chi connectivity index (χ2v) is 1.92. The van der Waals surface area contributed by atoms with Gasteiger partial charge in [-0.2, -0.15) is 0 Å². The quantitative estimate of drug-likeness (QED) is 0.495. The van der Waals surface area contributed by atoms with Gasteiger partial charge in [-0.15, -0.1) is 0 Å². The minimum atomic E-state index is -0.678. The van der Waals surface area contributed by atoms with Gasteiger partial charge in [-0.05, 0) is 0 Å². The minimum Gasteiger partial charge on any atom is -0.291 e. The molecule has 0 unspecified atom stereocenters. The first kappa shape index (κ1) is 4.99. The number of imide groups is 1. The molecule has 48 valence electrons. The summed E-state index contributed by atoms with van der Waals surface area (Å²) >= 11 is 5.31. The van der Waals surface area contributed by atoms with Gasteiger partial charge in [-0.25, -0.2) is 0 Å². The van der Waals surface area contributed by atoms with E-state index < -0.39 is 11.8 Å². The number of hydrogen-bond donors (Lipinski definition) is 1. The second-order valence-electron chi connectivity index (χ2n) is 1.54. The van der Waals surface area contributed by atoms with Crippen LogP contribution in [0, 0.1) is 0 Å². The first-order valence-electron chi connectivity index (χ1n) is 2.80. The highest BCUT2D eigenvalue weighted by Crippen LogP contribution is 2.06. The van der Waals surface area contributed by atoms with Crippen molar-refractivity contribution in [2.45, 2.75) is 6.42 Å². The topological polar surface area (TPSA) is 46.2 Å². The Hall–Kier alpha value is -0.830. The Bertz CT molecular complexity index is 236. The Labute approximate surface area is 58.1 Å². The Morgan fingerprint density at radius 3 is 3.00 bits per heavy atom. The van der Waals surface area contributed by atoms with Crippen LogP contribution in [0.3, 0.4) is 0 Å². The molecule has 3 nitrogen and oxygen atoms in total. The molecule has 1 heterocycles. The van der Waals surface area contributed by atoms with Gasteiger partial charge >= 0.3 is 0 Å². The van der Waals surface area contributed by atoms with E-state index in [4.69, 9.17) is 13.0 Å². The van der Waals surface area contributed by atoms with E-state index in [0.717, 1.165) is 0 Å². The van der Waals surface area contributed by atoms with E-state index in [0.29, 0.717) is 0 Å². The molecule has 9 heavy (non-hydrogen) atoms. The number of carbonyl (C=O) groups is 2. The summed E-state index contributed by atoms with van der Waals surface area (Å²) < 4.78 is 7.00. The molecule has 0 aromatic heterocycles. The predicted molar refractivity (Wildman–Crippen MR) is 31.7 cm³/mol. The molecule has 1 aliphatic heterocycles. The van der Waals surface area contributed by atoms with Crippen molar-refractivity contribution in [1.29, 1.82) is 0 Å². The van der Waals surface area contributed by atoms with Crippen molar-refractivity contribution in [1.82, 2.24) is 5.32 Å². The minimum absolute atomic E-state index is 0.107. The average Bonchev–Trinajstić information content (AvgIpc) is 1.82. The molecule has 0 saturated heterocycles. The summed E-state index contributed by atoms with van der Waals surface area (Å²) in [6, 6.07) is -0.115. The standard InChI is InChI=1S/C5H4ClNO2/c6-3-1-2-4(8)7-5(3)9/h1H,2H2,(H,7,8,9)/i1D. The molecule has 0 aromatic carbocycles. The number of amides is 2. The maximum Gasteiger partial charge on any atom is 0.269 e. The number of hydrogen-bond acceptors (Lipinski definition) is 2. The highest BCUT2D eigenvalue weighted by atomic mass is 35.5. The molecule has 1 N–H and O–H groups in total. The van der Waals surface area contributed by atoms with E-state index >= 15 is 0 Å². The molecule has 0 spiro atoms. The Morgan fingerprint density at radius 2 is 2.44 bits per heavy atom. The summed E-state index contributed by atoms with van der Waals surface area (Å²) in [6.45, 7) is 0. The van der Waals surface area contributed by atoms with Gasteiger partial charge in [0.1, 0.15) is 5.03 Å². The van der Waals surface area contributed by atoms with E-state index in [1.165, 1.54) is 0 Å². The van der Waals surface area contributed by atoms with Crippen LogP contribution in [0.2, 0.25) is 0 Å². The van der Waals surface area contributed by atoms with E-state index in [1.54, 1.807) is 0 Å². The van der Waals surface area contributed by atoms with E-state index in [-0.39, 0.29) is 17.5 Å². The molecular formula is C5H4ClNO2. The highest BCUT2D eigenvalue weighted by molar-refractivity contribution is 6.43. The SMILES string of the molecule is [2H]C1=C(Cl)C(=O)NC(=O)C1. The molecule has 0 saturated carbocycles.